The van der Waals surface area contributed by atoms with Gasteiger partial charge in [0.2, 0.25) is 0 Å². The lowest BCUT2D eigenvalue weighted by Crippen LogP contribution is -2.37. The van der Waals surface area contributed by atoms with E-state index in [9.17, 15) is 19.0 Å². The van der Waals surface area contributed by atoms with Crippen molar-refractivity contribution in [1.82, 2.24) is 0 Å². The van der Waals surface area contributed by atoms with E-state index in [4.69, 9.17) is 18.5 Å². The van der Waals surface area contributed by atoms with Crippen LogP contribution in [0.4, 0.5) is 0 Å². The van der Waals surface area contributed by atoms with Crippen LogP contribution in [0.15, 0.2) is 0 Å². The van der Waals surface area contributed by atoms with E-state index in [0.29, 0.717) is 17.4 Å². The number of nitrogens with zero attached hydrogens (tertiary/aromatic N) is 1. The zero-order valence-electron chi connectivity index (χ0n) is 49.6. The molecule has 0 saturated carbocycles. The molecule has 0 aromatic rings. The average Bonchev–Trinajstić information content (AvgIpc) is 3.35. The van der Waals surface area contributed by atoms with Crippen molar-refractivity contribution in [2.75, 3.05) is 47.5 Å². The van der Waals surface area contributed by atoms with E-state index in [1.165, 1.54) is 276 Å². The molecule has 0 amide bonds. The SMILES string of the molecule is CCCCCCCCCCCCCCCCCCCCCCCCCCCCCCCCCCCC(=O)OC(COC(=O)CCCCCCCCCCCCCCCCCC)COP(=O)([O-])OCC[N+](C)(C)C. The van der Waals surface area contributed by atoms with Crippen LogP contribution in [0.1, 0.15) is 341 Å². The first kappa shape index (κ1) is 72.0. The van der Waals surface area contributed by atoms with Gasteiger partial charge in [0, 0.05) is 12.8 Å². The van der Waals surface area contributed by atoms with Gasteiger partial charge in [-0.3, -0.25) is 14.2 Å². The van der Waals surface area contributed by atoms with E-state index in [-0.39, 0.29) is 32.0 Å². The Hall–Kier alpha value is -0.990. The molecule has 0 aromatic carbocycles. The van der Waals surface area contributed by atoms with Gasteiger partial charge in [-0.05, 0) is 12.8 Å². The number of rotatable bonds is 61. The van der Waals surface area contributed by atoms with E-state index < -0.39 is 26.5 Å². The third-order valence-corrected chi connectivity index (χ3v) is 15.8. The summed E-state index contributed by atoms with van der Waals surface area (Å²) in [7, 11) is 1.19. The van der Waals surface area contributed by atoms with Crippen LogP contribution in [0.3, 0.4) is 0 Å². The van der Waals surface area contributed by atoms with Crippen molar-refractivity contribution in [2.24, 2.45) is 0 Å². The molecule has 10 heteroatoms. The second-order valence-electron chi connectivity index (χ2n) is 23.5. The summed E-state index contributed by atoms with van der Waals surface area (Å²) in [5, 5.41) is 0. The maximum absolute atomic E-state index is 12.8. The third-order valence-electron chi connectivity index (χ3n) is 14.9. The van der Waals surface area contributed by atoms with Crippen molar-refractivity contribution in [3.8, 4) is 0 Å². The van der Waals surface area contributed by atoms with Gasteiger partial charge in [0.25, 0.3) is 7.82 Å². The Labute approximate surface area is 454 Å². The number of carbonyl (C=O) groups is 2. The molecule has 0 aliphatic rings. The Bertz CT molecular complexity index is 1200. The summed E-state index contributed by atoms with van der Waals surface area (Å²) >= 11 is 0. The summed E-state index contributed by atoms with van der Waals surface area (Å²) < 4.78 is 34.2. The molecule has 0 rings (SSSR count). The van der Waals surface area contributed by atoms with Gasteiger partial charge in [-0.2, -0.15) is 0 Å². The fourth-order valence-corrected chi connectivity index (χ4v) is 10.6. The number of unbranched alkanes of at least 4 members (excludes halogenated alkanes) is 47. The summed E-state index contributed by atoms with van der Waals surface area (Å²) in [4.78, 5) is 37.9. The zero-order valence-corrected chi connectivity index (χ0v) is 50.5. The Kier molecular flexibility index (Phi) is 55.0. The molecule has 0 spiro atoms. The van der Waals surface area contributed by atoms with Crippen molar-refractivity contribution in [1.29, 1.82) is 0 Å². The van der Waals surface area contributed by atoms with E-state index in [1.807, 2.05) is 21.1 Å². The van der Waals surface area contributed by atoms with Crippen molar-refractivity contribution in [3.05, 3.63) is 0 Å². The average molecular weight is 1060 g/mol. The molecule has 0 aliphatic carbocycles. The van der Waals surface area contributed by atoms with Crippen molar-refractivity contribution >= 4 is 19.8 Å². The standard InChI is InChI=1S/C63H126NO8P/c1-6-8-10-12-14-16-18-20-22-24-25-26-27-28-29-30-31-32-33-34-35-36-37-38-39-40-42-44-46-48-50-52-54-56-63(66)72-61(60-71-73(67,68)70-58-57-64(3,4)5)59-69-62(65)55-53-51-49-47-45-43-41-23-21-19-17-15-13-11-9-7-2/h61H,6-60H2,1-5H3. The number of ether oxygens (including phenoxy) is 2. The third kappa shape index (κ3) is 60.1. The van der Waals surface area contributed by atoms with Gasteiger partial charge < -0.3 is 27.9 Å². The van der Waals surface area contributed by atoms with Gasteiger partial charge in [0.1, 0.15) is 19.8 Å². The van der Waals surface area contributed by atoms with Gasteiger partial charge in [0.05, 0.1) is 27.7 Å². The van der Waals surface area contributed by atoms with Crippen LogP contribution in [-0.2, 0) is 32.7 Å². The largest absolute Gasteiger partial charge is 0.756 e. The van der Waals surface area contributed by atoms with Crippen molar-refractivity contribution in [2.45, 2.75) is 347 Å². The normalized spacial score (nSPS) is 13.1. The molecule has 0 aliphatic heterocycles. The van der Waals surface area contributed by atoms with Gasteiger partial charge >= 0.3 is 11.9 Å². The minimum absolute atomic E-state index is 0.0250. The maximum atomic E-state index is 12.8. The van der Waals surface area contributed by atoms with Gasteiger partial charge in [0.15, 0.2) is 6.10 Å². The van der Waals surface area contributed by atoms with Crippen LogP contribution in [0.25, 0.3) is 0 Å². The molecule has 0 heterocycles. The summed E-state index contributed by atoms with van der Waals surface area (Å²) in [6.07, 6.45) is 64.7. The number of likely N-dealkylation sites (N-methyl/N-ethyl adjacent to an activating group) is 1. The summed E-state index contributed by atoms with van der Waals surface area (Å²) in [6, 6.07) is 0. The molecule has 2 unspecified atom stereocenters. The Morgan fingerprint density at radius 3 is 0.877 bits per heavy atom. The molecule has 436 valence electrons. The maximum Gasteiger partial charge on any atom is 0.306 e. The molecular weight excluding hydrogens is 930 g/mol. The monoisotopic (exact) mass is 1060 g/mol. The minimum Gasteiger partial charge on any atom is -0.756 e. The molecule has 9 nitrogen and oxygen atoms in total. The smallest absolute Gasteiger partial charge is 0.306 e. The quantitative estimate of drug-likeness (QED) is 0.0256. The van der Waals surface area contributed by atoms with E-state index in [1.54, 1.807) is 0 Å². The number of esters is 2. The number of phosphoric acid groups is 1. The highest BCUT2D eigenvalue weighted by Crippen LogP contribution is 2.38. The zero-order chi connectivity index (χ0) is 53.5. The number of carbonyl (C=O) groups excluding carboxylic acids is 2. The van der Waals surface area contributed by atoms with Crippen LogP contribution >= 0.6 is 7.82 Å². The van der Waals surface area contributed by atoms with Gasteiger partial charge in [-0.15, -0.1) is 0 Å². The van der Waals surface area contributed by atoms with Gasteiger partial charge in [-0.25, -0.2) is 0 Å². The van der Waals surface area contributed by atoms with E-state index >= 15 is 0 Å². The molecular formula is C63H126NO8P. The van der Waals surface area contributed by atoms with Crippen LogP contribution in [-0.4, -0.2) is 70.0 Å². The lowest BCUT2D eigenvalue weighted by atomic mass is 10.0. The number of hydrogen-bond donors (Lipinski definition) is 0. The van der Waals surface area contributed by atoms with Crippen LogP contribution in [0, 0.1) is 0 Å². The van der Waals surface area contributed by atoms with E-state index in [0.717, 1.165) is 32.1 Å². The first-order valence-electron chi connectivity index (χ1n) is 32.2. The van der Waals surface area contributed by atoms with Crippen molar-refractivity contribution in [3.63, 3.8) is 0 Å². The lowest BCUT2D eigenvalue weighted by Gasteiger charge is -2.28. The predicted octanol–water partition coefficient (Wildman–Crippen LogP) is 19.6. The molecule has 73 heavy (non-hydrogen) atoms. The summed E-state index contributed by atoms with van der Waals surface area (Å²) in [6.45, 7) is 4.32. The first-order chi connectivity index (χ1) is 35.5. The number of phosphoric ester groups is 1. The van der Waals surface area contributed by atoms with Crippen molar-refractivity contribution < 1.29 is 42.1 Å². The summed E-state index contributed by atoms with van der Waals surface area (Å²) in [5.74, 6) is -0.808. The number of quaternary nitrogens is 1. The highest BCUT2D eigenvalue weighted by Gasteiger charge is 2.22. The number of hydrogen-bond acceptors (Lipinski definition) is 8. The summed E-state index contributed by atoms with van der Waals surface area (Å²) in [5.41, 5.74) is 0. The highest BCUT2D eigenvalue weighted by molar-refractivity contribution is 7.45. The first-order valence-corrected chi connectivity index (χ1v) is 33.7. The fourth-order valence-electron chi connectivity index (χ4n) is 9.90. The second-order valence-corrected chi connectivity index (χ2v) is 24.9. The van der Waals surface area contributed by atoms with E-state index in [2.05, 4.69) is 13.8 Å². The van der Waals surface area contributed by atoms with Crippen LogP contribution in [0.2, 0.25) is 0 Å². The second kappa shape index (κ2) is 55.8. The predicted molar refractivity (Wildman–Crippen MR) is 310 cm³/mol. The molecule has 0 N–H and O–H groups in total. The Morgan fingerprint density at radius 2 is 0.616 bits per heavy atom. The highest BCUT2D eigenvalue weighted by atomic mass is 31.2. The van der Waals surface area contributed by atoms with Crippen LogP contribution < -0.4 is 4.89 Å². The van der Waals surface area contributed by atoms with Crippen LogP contribution in [0.5, 0.6) is 0 Å². The molecule has 0 aromatic heterocycles. The Balaban J connectivity index is 3.94. The Morgan fingerprint density at radius 1 is 0.370 bits per heavy atom. The topological polar surface area (TPSA) is 111 Å². The minimum atomic E-state index is -4.63. The fraction of sp³-hybridized carbons (Fsp3) is 0.968. The molecule has 0 saturated heterocycles. The molecule has 0 radical (unpaired) electrons. The lowest BCUT2D eigenvalue weighted by molar-refractivity contribution is -0.870. The van der Waals surface area contributed by atoms with Gasteiger partial charge in [-0.1, -0.05) is 316 Å². The molecule has 0 bridgehead atoms. The molecule has 0 fully saturated rings. The molecule has 2 atom stereocenters.